The Balaban J connectivity index is 2.18. The highest BCUT2D eigenvalue weighted by Gasteiger charge is 2.35. The highest BCUT2D eigenvalue weighted by atomic mass is 19.1. The molecule has 0 radical (unpaired) electrons. The predicted molar refractivity (Wildman–Crippen MR) is 78.9 cm³/mol. The zero-order chi connectivity index (χ0) is 17.0. The Morgan fingerprint density at radius 2 is 2.00 bits per heavy atom. The number of aromatic nitrogens is 2. The van der Waals surface area contributed by atoms with Gasteiger partial charge in [-0.2, -0.15) is 5.10 Å². The lowest BCUT2D eigenvalue weighted by Gasteiger charge is -2.24. The van der Waals surface area contributed by atoms with Crippen molar-refractivity contribution in [1.82, 2.24) is 15.1 Å². The van der Waals surface area contributed by atoms with Gasteiger partial charge in [-0.25, -0.2) is 13.9 Å². The third-order valence-corrected chi connectivity index (χ3v) is 3.21. The molecular formula is C15H16FN3O4. The molecule has 1 aromatic carbocycles. The summed E-state index contributed by atoms with van der Waals surface area (Å²) in [6.07, 6.45) is 1.52. The number of carboxylic acids is 1. The molecule has 0 saturated heterocycles. The molecule has 122 valence electrons. The topological polar surface area (TPSA) is 93.5 Å². The standard InChI is InChI=1S/C15H16FN3O4/c1-15(9-23-2,14(21)22)17-13(20)12-7-8-19(18-12)11-5-3-10(16)4-6-11/h3-8H,9H2,1-2H3,(H,17,20)(H,21,22). The van der Waals surface area contributed by atoms with Gasteiger partial charge < -0.3 is 15.2 Å². The van der Waals surface area contributed by atoms with Gasteiger partial charge in [0.05, 0.1) is 12.3 Å². The second kappa shape index (κ2) is 6.57. The summed E-state index contributed by atoms with van der Waals surface area (Å²) in [4.78, 5) is 23.5. The van der Waals surface area contributed by atoms with E-state index in [1.54, 1.807) is 0 Å². The summed E-state index contributed by atoms with van der Waals surface area (Å²) in [7, 11) is 1.34. The molecule has 0 aliphatic rings. The van der Waals surface area contributed by atoms with Crippen LogP contribution in [0.4, 0.5) is 4.39 Å². The van der Waals surface area contributed by atoms with Gasteiger partial charge in [0.2, 0.25) is 0 Å². The van der Waals surface area contributed by atoms with E-state index < -0.39 is 17.4 Å². The number of methoxy groups -OCH3 is 1. The maximum absolute atomic E-state index is 12.9. The van der Waals surface area contributed by atoms with Crippen LogP contribution in [0.1, 0.15) is 17.4 Å². The SMILES string of the molecule is COCC(C)(NC(=O)c1ccn(-c2ccc(F)cc2)n1)C(=O)O. The van der Waals surface area contributed by atoms with Gasteiger partial charge in [-0.1, -0.05) is 0 Å². The molecule has 0 spiro atoms. The van der Waals surface area contributed by atoms with Crippen LogP contribution in [0, 0.1) is 5.82 Å². The third-order valence-electron chi connectivity index (χ3n) is 3.21. The van der Waals surface area contributed by atoms with Crippen LogP contribution in [0.15, 0.2) is 36.5 Å². The monoisotopic (exact) mass is 321 g/mol. The lowest BCUT2D eigenvalue weighted by Crippen LogP contribution is -2.55. The van der Waals surface area contributed by atoms with E-state index >= 15 is 0 Å². The van der Waals surface area contributed by atoms with Crippen LogP contribution in [0.2, 0.25) is 0 Å². The Morgan fingerprint density at radius 3 is 2.57 bits per heavy atom. The van der Waals surface area contributed by atoms with Crippen LogP contribution in [0.5, 0.6) is 0 Å². The molecule has 23 heavy (non-hydrogen) atoms. The molecule has 1 heterocycles. The first-order valence-corrected chi connectivity index (χ1v) is 6.72. The van der Waals surface area contributed by atoms with Gasteiger partial charge in [0.15, 0.2) is 11.2 Å². The number of nitrogens with one attached hydrogen (secondary N) is 1. The van der Waals surface area contributed by atoms with Crippen molar-refractivity contribution in [3.63, 3.8) is 0 Å². The highest BCUT2D eigenvalue weighted by Crippen LogP contribution is 2.11. The quantitative estimate of drug-likeness (QED) is 0.835. The van der Waals surface area contributed by atoms with Crippen molar-refractivity contribution in [2.75, 3.05) is 13.7 Å². The minimum absolute atomic E-state index is 0.0397. The van der Waals surface area contributed by atoms with E-state index in [0.29, 0.717) is 5.69 Å². The molecule has 7 nitrogen and oxygen atoms in total. The Labute approximate surface area is 131 Å². The van der Waals surface area contributed by atoms with Crippen molar-refractivity contribution in [2.45, 2.75) is 12.5 Å². The van der Waals surface area contributed by atoms with Gasteiger partial charge in [-0.05, 0) is 37.3 Å². The van der Waals surface area contributed by atoms with Crippen molar-refractivity contribution in [3.8, 4) is 5.69 Å². The van der Waals surface area contributed by atoms with Crippen molar-refractivity contribution >= 4 is 11.9 Å². The number of carbonyl (C=O) groups excluding carboxylic acids is 1. The number of carbonyl (C=O) groups is 2. The number of ether oxygens (including phenoxy) is 1. The first-order valence-electron chi connectivity index (χ1n) is 6.72. The predicted octanol–water partition coefficient (Wildman–Crippen LogP) is 1.23. The molecule has 1 amide bonds. The number of nitrogens with zero attached hydrogens (tertiary/aromatic N) is 2. The van der Waals surface area contributed by atoms with Crippen molar-refractivity contribution in [2.24, 2.45) is 0 Å². The third kappa shape index (κ3) is 3.72. The molecule has 1 aromatic heterocycles. The normalized spacial score (nSPS) is 13.3. The zero-order valence-electron chi connectivity index (χ0n) is 12.6. The molecule has 0 aliphatic heterocycles. The number of rotatable bonds is 6. The van der Waals surface area contributed by atoms with E-state index in [2.05, 4.69) is 10.4 Å². The Bertz CT molecular complexity index is 714. The lowest BCUT2D eigenvalue weighted by atomic mass is 10.0. The zero-order valence-corrected chi connectivity index (χ0v) is 12.6. The van der Waals surface area contributed by atoms with Crippen LogP contribution in [0.25, 0.3) is 5.69 Å². The number of benzene rings is 1. The summed E-state index contributed by atoms with van der Waals surface area (Å²) in [5.41, 5.74) is -0.952. The van der Waals surface area contributed by atoms with E-state index in [9.17, 15) is 19.1 Å². The fourth-order valence-corrected chi connectivity index (χ4v) is 1.94. The number of aliphatic carboxylic acids is 1. The molecule has 0 bridgehead atoms. The average molecular weight is 321 g/mol. The second-order valence-corrected chi connectivity index (χ2v) is 5.15. The van der Waals surface area contributed by atoms with Gasteiger partial charge in [0, 0.05) is 13.3 Å². The Kier molecular flexibility index (Phi) is 4.75. The van der Waals surface area contributed by atoms with Crippen LogP contribution >= 0.6 is 0 Å². The number of hydrogen-bond acceptors (Lipinski definition) is 4. The fraction of sp³-hybridized carbons (Fsp3) is 0.267. The van der Waals surface area contributed by atoms with E-state index in [1.807, 2.05) is 0 Å². The average Bonchev–Trinajstić information content (AvgIpc) is 2.98. The summed E-state index contributed by atoms with van der Waals surface area (Å²) in [6, 6.07) is 7.01. The van der Waals surface area contributed by atoms with Gasteiger partial charge in [-0.3, -0.25) is 4.79 Å². The number of halogens is 1. The van der Waals surface area contributed by atoms with Gasteiger partial charge in [0.1, 0.15) is 5.82 Å². The molecule has 0 fully saturated rings. The number of amides is 1. The van der Waals surface area contributed by atoms with E-state index in [1.165, 1.54) is 55.2 Å². The minimum Gasteiger partial charge on any atom is -0.479 e. The van der Waals surface area contributed by atoms with Gasteiger partial charge in [0.25, 0.3) is 5.91 Å². The Morgan fingerprint density at radius 1 is 1.35 bits per heavy atom. The number of carboxylic acid groups (broad SMARTS) is 1. The van der Waals surface area contributed by atoms with Gasteiger partial charge >= 0.3 is 5.97 Å². The van der Waals surface area contributed by atoms with E-state index in [4.69, 9.17) is 4.74 Å². The van der Waals surface area contributed by atoms with Crippen molar-refractivity contribution in [3.05, 3.63) is 48.0 Å². The number of hydrogen-bond donors (Lipinski definition) is 2. The fourth-order valence-electron chi connectivity index (χ4n) is 1.94. The van der Waals surface area contributed by atoms with Crippen LogP contribution in [-0.2, 0) is 9.53 Å². The molecule has 2 rings (SSSR count). The largest absolute Gasteiger partial charge is 0.479 e. The maximum atomic E-state index is 12.9. The summed E-state index contributed by atoms with van der Waals surface area (Å²) in [5.74, 6) is -2.24. The van der Waals surface area contributed by atoms with Crippen LogP contribution < -0.4 is 5.32 Å². The highest BCUT2D eigenvalue weighted by molar-refractivity contribution is 5.96. The van der Waals surface area contributed by atoms with E-state index in [-0.39, 0.29) is 18.1 Å². The summed E-state index contributed by atoms with van der Waals surface area (Å²) in [6.45, 7) is 1.15. The van der Waals surface area contributed by atoms with Crippen molar-refractivity contribution in [1.29, 1.82) is 0 Å². The summed E-state index contributed by atoms with van der Waals surface area (Å²) >= 11 is 0. The van der Waals surface area contributed by atoms with E-state index in [0.717, 1.165) is 0 Å². The molecule has 1 atom stereocenters. The smallest absolute Gasteiger partial charge is 0.331 e. The molecular weight excluding hydrogens is 305 g/mol. The Hall–Kier alpha value is -2.74. The molecule has 2 N–H and O–H groups in total. The van der Waals surface area contributed by atoms with Gasteiger partial charge in [-0.15, -0.1) is 0 Å². The minimum atomic E-state index is -1.56. The summed E-state index contributed by atoms with van der Waals surface area (Å²) < 4.78 is 19.1. The molecule has 0 aliphatic carbocycles. The lowest BCUT2D eigenvalue weighted by molar-refractivity contribution is -0.145. The van der Waals surface area contributed by atoms with Crippen molar-refractivity contribution < 1.29 is 23.8 Å². The maximum Gasteiger partial charge on any atom is 0.331 e. The summed E-state index contributed by atoms with van der Waals surface area (Å²) in [5, 5.41) is 15.7. The second-order valence-electron chi connectivity index (χ2n) is 5.15. The first kappa shape index (κ1) is 16.6. The first-order chi connectivity index (χ1) is 10.9. The molecule has 0 saturated carbocycles. The molecule has 8 heteroatoms. The molecule has 1 unspecified atom stereocenters. The van der Waals surface area contributed by atoms with Crippen LogP contribution in [-0.4, -0.2) is 46.0 Å². The molecule has 2 aromatic rings. The van der Waals surface area contributed by atoms with Crippen LogP contribution in [0.3, 0.4) is 0 Å².